The normalized spacial score (nSPS) is 16.3. The van der Waals surface area contributed by atoms with Gasteiger partial charge >= 0.3 is 5.97 Å². The molecule has 0 aliphatic heterocycles. The molecule has 1 N–H and O–H groups in total. The first-order valence-electron chi connectivity index (χ1n) is 8.78. The predicted molar refractivity (Wildman–Crippen MR) is 108 cm³/mol. The summed E-state index contributed by atoms with van der Waals surface area (Å²) in [4.78, 5) is 26.6. The number of nitrogens with one attached hydrogen (secondary N) is 1. The summed E-state index contributed by atoms with van der Waals surface area (Å²) in [5, 5.41) is 3.54. The number of esters is 1. The van der Waals surface area contributed by atoms with Crippen LogP contribution in [-0.2, 0) is 17.6 Å². The van der Waals surface area contributed by atoms with E-state index in [-0.39, 0.29) is 18.0 Å². The number of carbonyl (C=O) groups is 2. The molecule has 0 bridgehead atoms. The summed E-state index contributed by atoms with van der Waals surface area (Å²) in [6, 6.07) is 7.25. The van der Waals surface area contributed by atoms with Crippen LogP contribution in [0, 0.1) is 5.92 Å². The molecule has 1 heterocycles. The SMILES string of the molecule is CC(C)OC(=O)c1c(NC(=O)c2ccccc2Br)sc2c1CC[C@H](C)C2. The van der Waals surface area contributed by atoms with E-state index in [1.54, 1.807) is 6.07 Å². The number of halogens is 1. The second kappa shape index (κ2) is 7.92. The maximum absolute atomic E-state index is 12.7. The summed E-state index contributed by atoms with van der Waals surface area (Å²) in [6.45, 7) is 5.88. The maximum atomic E-state index is 12.7. The Balaban J connectivity index is 1.96. The topological polar surface area (TPSA) is 55.4 Å². The highest BCUT2D eigenvalue weighted by atomic mass is 79.9. The fraction of sp³-hybridized carbons (Fsp3) is 0.400. The van der Waals surface area contributed by atoms with Gasteiger partial charge < -0.3 is 10.1 Å². The molecule has 4 nitrogen and oxygen atoms in total. The molecular weight excluding hydrogens is 414 g/mol. The number of amides is 1. The highest BCUT2D eigenvalue weighted by Crippen LogP contribution is 2.40. The van der Waals surface area contributed by atoms with E-state index in [2.05, 4.69) is 28.2 Å². The van der Waals surface area contributed by atoms with Gasteiger partial charge in [-0.05, 0) is 72.7 Å². The molecule has 1 aliphatic carbocycles. The van der Waals surface area contributed by atoms with E-state index in [0.717, 1.165) is 29.3 Å². The molecule has 1 aliphatic rings. The lowest BCUT2D eigenvalue weighted by atomic mass is 9.88. The Morgan fingerprint density at radius 2 is 2.04 bits per heavy atom. The summed E-state index contributed by atoms with van der Waals surface area (Å²) in [6.07, 6.45) is 2.63. The average molecular weight is 436 g/mol. The zero-order valence-corrected chi connectivity index (χ0v) is 17.5. The first kappa shape index (κ1) is 19.1. The van der Waals surface area contributed by atoms with E-state index in [9.17, 15) is 9.59 Å². The van der Waals surface area contributed by atoms with Gasteiger partial charge in [0.25, 0.3) is 5.91 Å². The van der Waals surface area contributed by atoms with Gasteiger partial charge in [-0.25, -0.2) is 4.79 Å². The zero-order chi connectivity index (χ0) is 18.8. The highest BCUT2D eigenvalue weighted by molar-refractivity contribution is 9.10. The molecule has 0 saturated carbocycles. The van der Waals surface area contributed by atoms with Crippen molar-refractivity contribution in [2.75, 3.05) is 5.32 Å². The second-order valence-corrected chi connectivity index (χ2v) is 8.90. The zero-order valence-electron chi connectivity index (χ0n) is 15.1. The minimum Gasteiger partial charge on any atom is -0.459 e. The molecule has 2 aromatic rings. The molecular formula is C20H22BrNO3S. The van der Waals surface area contributed by atoms with Crippen molar-refractivity contribution in [3.63, 3.8) is 0 Å². The molecule has 0 radical (unpaired) electrons. The third kappa shape index (κ3) is 4.01. The lowest BCUT2D eigenvalue weighted by molar-refractivity contribution is 0.0378. The number of ether oxygens (including phenoxy) is 1. The van der Waals surface area contributed by atoms with Crippen molar-refractivity contribution in [3.8, 4) is 0 Å². The Morgan fingerprint density at radius 1 is 1.31 bits per heavy atom. The van der Waals surface area contributed by atoms with E-state index in [1.165, 1.54) is 16.2 Å². The van der Waals surface area contributed by atoms with Crippen molar-refractivity contribution in [3.05, 3.63) is 50.3 Å². The molecule has 1 aromatic carbocycles. The van der Waals surface area contributed by atoms with Gasteiger partial charge in [0.1, 0.15) is 5.00 Å². The number of hydrogen-bond acceptors (Lipinski definition) is 4. The van der Waals surface area contributed by atoms with Gasteiger partial charge in [0, 0.05) is 9.35 Å². The molecule has 0 fully saturated rings. The lowest BCUT2D eigenvalue weighted by Crippen LogP contribution is -2.18. The van der Waals surface area contributed by atoms with Crippen LogP contribution < -0.4 is 5.32 Å². The average Bonchev–Trinajstić information content (AvgIpc) is 2.91. The van der Waals surface area contributed by atoms with E-state index in [4.69, 9.17) is 4.74 Å². The largest absolute Gasteiger partial charge is 0.459 e. The maximum Gasteiger partial charge on any atom is 0.341 e. The Morgan fingerprint density at radius 3 is 2.73 bits per heavy atom. The van der Waals surface area contributed by atoms with Crippen LogP contribution in [0.4, 0.5) is 5.00 Å². The number of rotatable bonds is 4. The summed E-state index contributed by atoms with van der Waals surface area (Å²) < 4.78 is 6.17. The van der Waals surface area contributed by atoms with Gasteiger partial charge in [-0.1, -0.05) is 19.1 Å². The highest BCUT2D eigenvalue weighted by Gasteiger charge is 2.30. The van der Waals surface area contributed by atoms with Crippen molar-refractivity contribution >= 4 is 44.1 Å². The Kier molecular flexibility index (Phi) is 5.82. The molecule has 138 valence electrons. The number of fused-ring (bicyclic) bond motifs is 1. The van der Waals surface area contributed by atoms with Crippen LogP contribution in [-0.4, -0.2) is 18.0 Å². The molecule has 0 saturated heterocycles. The smallest absolute Gasteiger partial charge is 0.341 e. The summed E-state index contributed by atoms with van der Waals surface area (Å²) in [7, 11) is 0. The molecule has 1 aromatic heterocycles. The molecule has 0 unspecified atom stereocenters. The second-order valence-electron chi connectivity index (χ2n) is 6.94. The van der Waals surface area contributed by atoms with Crippen LogP contribution in [0.25, 0.3) is 0 Å². The van der Waals surface area contributed by atoms with Crippen LogP contribution in [0.15, 0.2) is 28.7 Å². The van der Waals surface area contributed by atoms with Gasteiger partial charge in [0.2, 0.25) is 0 Å². The first-order valence-corrected chi connectivity index (χ1v) is 10.4. The van der Waals surface area contributed by atoms with E-state index in [0.29, 0.717) is 22.0 Å². The quantitative estimate of drug-likeness (QED) is 0.649. The number of benzene rings is 1. The van der Waals surface area contributed by atoms with Crippen molar-refractivity contribution in [2.24, 2.45) is 5.92 Å². The minimum absolute atomic E-state index is 0.201. The van der Waals surface area contributed by atoms with Crippen molar-refractivity contribution in [1.82, 2.24) is 0 Å². The summed E-state index contributed by atoms with van der Waals surface area (Å²) in [5.41, 5.74) is 2.11. The number of anilines is 1. The molecule has 6 heteroatoms. The van der Waals surface area contributed by atoms with Crippen LogP contribution in [0.1, 0.15) is 58.3 Å². The van der Waals surface area contributed by atoms with Crippen molar-refractivity contribution < 1.29 is 14.3 Å². The lowest BCUT2D eigenvalue weighted by Gasteiger charge is -2.18. The molecule has 0 spiro atoms. The Labute approximate surface area is 166 Å². The van der Waals surface area contributed by atoms with Crippen molar-refractivity contribution in [1.29, 1.82) is 0 Å². The van der Waals surface area contributed by atoms with E-state index < -0.39 is 0 Å². The monoisotopic (exact) mass is 435 g/mol. The van der Waals surface area contributed by atoms with Gasteiger partial charge in [-0.15, -0.1) is 11.3 Å². The first-order chi connectivity index (χ1) is 12.4. The predicted octanol–water partition coefficient (Wildman–Crippen LogP) is 5.45. The third-order valence-electron chi connectivity index (χ3n) is 4.40. The van der Waals surface area contributed by atoms with Crippen molar-refractivity contribution in [2.45, 2.75) is 46.1 Å². The van der Waals surface area contributed by atoms with Crippen LogP contribution in [0.3, 0.4) is 0 Å². The van der Waals surface area contributed by atoms with Gasteiger partial charge in [-0.3, -0.25) is 4.79 Å². The van der Waals surface area contributed by atoms with Gasteiger partial charge in [0.05, 0.1) is 17.2 Å². The van der Waals surface area contributed by atoms with E-state index in [1.807, 2.05) is 32.0 Å². The van der Waals surface area contributed by atoms with Gasteiger partial charge in [0.15, 0.2) is 0 Å². The molecule has 1 atom stereocenters. The number of carbonyl (C=O) groups excluding carboxylic acids is 2. The minimum atomic E-state index is -0.352. The van der Waals surface area contributed by atoms with Crippen LogP contribution in [0.5, 0.6) is 0 Å². The molecule has 26 heavy (non-hydrogen) atoms. The number of thiophene rings is 1. The fourth-order valence-electron chi connectivity index (χ4n) is 3.14. The summed E-state index contributed by atoms with van der Waals surface area (Å²) >= 11 is 4.91. The Bertz CT molecular complexity index is 844. The van der Waals surface area contributed by atoms with Crippen LogP contribution in [0.2, 0.25) is 0 Å². The number of hydrogen-bond donors (Lipinski definition) is 1. The Hall–Kier alpha value is -1.66. The summed E-state index contributed by atoms with van der Waals surface area (Å²) in [5.74, 6) is -0.000800. The van der Waals surface area contributed by atoms with E-state index >= 15 is 0 Å². The van der Waals surface area contributed by atoms with Gasteiger partial charge in [-0.2, -0.15) is 0 Å². The fourth-order valence-corrected chi connectivity index (χ4v) is 5.00. The molecule has 1 amide bonds. The third-order valence-corrected chi connectivity index (χ3v) is 6.27. The standard InChI is InChI=1S/C20H22BrNO3S/c1-11(2)25-20(24)17-14-9-8-12(3)10-16(14)26-19(17)22-18(23)13-6-4-5-7-15(13)21/h4-7,11-12H,8-10H2,1-3H3,(H,22,23)/t12-/m0/s1. The van der Waals surface area contributed by atoms with Crippen LogP contribution >= 0.6 is 27.3 Å². The molecule has 3 rings (SSSR count).